The molecule has 0 amide bonds. The summed E-state index contributed by atoms with van der Waals surface area (Å²) in [7, 11) is 1.77. The molecule has 1 aliphatic heterocycles. The van der Waals surface area contributed by atoms with Crippen molar-refractivity contribution in [2.75, 3.05) is 26.8 Å². The number of nitrogens with two attached hydrogens (primary N) is 1. The van der Waals surface area contributed by atoms with E-state index in [0.717, 1.165) is 25.9 Å². The van der Waals surface area contributed by atoms with E-state index in [2.05, 4.69) is 25.7 Å². The minimum atomic E-state index is 0.198. The lowest BCUT2D eigenvalue weighted by atomic mass is 9.76. The van der Waals surface area contributed by atoms with Crippen LogP contribution in [-0.4, -0.2) is 43.3 Å². The van der Waals surface area contributed by atoms with Crippen molar-refractivity contribution in [1.82, 2.24) is 4.90 Å². The summed E-state index contributed by atoms with van der Waals surface area (Å²) in [5, 5.41) is 0. The van der Waals surface area contributed by atoms with Gasteiger partial charge >= 0.3 is 0 Å². The number of hydrogen-bond acceptors (Lipinski definition) is 3. The van der Waals surface area contributed by atoms with Crippen LogP contribution in [0.15, 0.2) is 0 Å². The maximum Gasteiger partial charge on any atom is 0.0465 e. The Labute approximate surface area is 113 Å². The van der Waals surface area contributed by atoms with Gasteiger partial charge < -0.3 is 10.5 Å². The molecular formula is C15H32N2O. The summed E-state index contributed by atoms with van der Waals surface area (Å²) < 4.78 is 5.20. The molecule has 3 heteroatoms. The lowest BCUT2D eigenvalue weighted by Gasteiger charge is -2.47. The fourth-order valence-corrected chi connectivity index (χ4v) is 3.55. The molecule has 0 spiro atoms. The van der Waals surface area contributed by atoms with Gasteiger partial charge in [-0.1, -0.05) is 20.8 Å². The fraction of sp³-hybridized carbons (Fsp3) is 1.00. The van der Waals surface area contributed by atoms with Crippen LogP contribution in [0.25, 0.3) is 0 Å². The van der Waals surface area contributed by atoms with Crippen LogP contribution < -0.4 is 5.73 Å². The summed E-state index contributed by atoms with van der Waals surface area (Å²) in [6, 6.07) is 0.251. The van der Waals surface area contributed by atoms with Crippen molar-refractivity contribution in [2.24, 2.45) is 11.7 Å². The van der Waals surface area contributed by atoms with Crippen LogP contribution in [0.3, 0.4) is 0 Å². The van der Waals surface area contributed by atoms with Crippen LogP contribution in [0, 0.1) is 5.92 Å². The number of likely N-dealkylation sites (tertiary alicyclic amines) is 1. The first-order valence-electron chi connectivity index (χ1n) is 7.62. The molecule has 1 heterocycles. The molecular weight excluding hydrogens is 224 g/mol. The average Bonchev–Trinajstić information content (AvgIpc) is 2.92. The number of ether oxygens (including phenoxy) is 1. The quantitative estimate of drug-likeness (QED) is 0.725. The molecule has 0 radical (unpaired) electrons. The molecule has 1 fully saturated rings. The van der Waals surface area contributed by atoms with Gasteiger partial charge in [0.2, 0.25) is 0 Å². The van der Waals surface area contributed by atoms with Crippen LogP contribution in [0.2, 0.25) is 0 Å². The Balaban J connectivity index is 2.75. The summed E-state index contributed by atoms with van der Waals surface area (Å²) in [6.45, 7) is 10.1. The average molecular weight is 256 g/mol. The van der Waals surface area contributed by atoms with Crippen LogP contribution >= 0.6 is 0 Å². The Kier molecular flexibility index (Phi) is 6.61. The van der Waals surface area contributed by atoms with Crippen LogP contribution in [0.4, 0.5) is 0 Å². The first-order valence-corrected chi connectivity index (χ1v) is 7.62. The minimum Gasteiger partial charge on any atom is -0.385 e. The van der Waals surface area contributed by atoms with E-state index in [1.165, 1.54) is 25.9 Å². The van der Waals surface area contributed by atoms with Crippen molar-refractivity contribution in [3.05, 3.63) is 0 Å². The zero-order chi connectivity index (χ0) is 13.6. The van der Waals surface area contributed by atoms with E-state index in [1.54, 1.807) is 7.11 Å². The first kappa shape index (κ1) is 15.9. The molecule has 0 aliphatic carbocycles. The van der Waals surface area contributed by atoms with Crippen LogP contribution in [0.1, 0.15) is 52.9 Å². The van der Waals surface area contributed by atoms with Crippen molar-refractivity contribution < 1.29 is 4.74 Å². The minimum absolute atomic E-state index is 0.198. The molecule has 2 atom stereocenters. The Morgan fingerprint density at radius 1 is 1.22 bits per heavy atom. The molecule has 0 aromatic rings. The van der Waals surface area contributed by atoms with Crippen molar-refractivity contribution in [2.45, 2.75) is 64.5 Å². The molecule has 0 aromatic heterocycles. The maximum absolute atomic E-state index is 6.64. The predicted octanol–water partition coefficient (Wildman–Crippen LogP) is 2.64. The predicted molar refractivity (Wildman–Crippen MR) is 77.8 cm³/mol. The Morgan fingerprint density at radius 3 is 2.22 bits per heavy atom. The van der Waals surface area contributed by atoms with Gasteiger partial charge in [0.1, 0.15) is 0 Å². The van der Waals surface area contributed by atoms with Crippen LogP contribution in [0.5, 0.6) is 0 Å². The Hall–Kier alpha value is -0.120. The van der Waals surface area contributed by atoms with Gasteiger partial charge in [-0.15, -0.1) is 0 Å². The highest BCUT2D eigenvalue weighted by molar-refractivity contribution is 5.00. The van der Waals surface area contributed by atoms with Gasteiger partial charge in [0.25, 0.3) is 0 Å². The van der Waals surface area contributed by atoms with E-state index < -0.39 is 0 Å². The van der Waals surface area contributed by atoms with Gasteiger partial charge in [0, 0.05) is 25.3 Å². The molecule has 0 saturated carbocycles. The zero-order valence-corrected chi connectivity index (χ0v) is 12.7. The second-order valence-electron chi connectivity index (χ2n) is 5.79. The van der Waals surface area contributed by atoms with E-state index in [9.17, 15) is 0 Å². The smallest absolute Gasteiger partial charge is 0.0465 e. The normalized spacial score (nSPS) is 21.2. The van der Waals surface area contributed by atoms with Crippen molar-refractivity contribution in [1.29, 1.82) is 0 Å². The van der Waals surface area contributed by atoms with Crippen molar-refractivity contribution in [3.63, 3.8) is 0 Å². The van der Waals surface area contributed by atoms with Gasteiger partial charge in [0.15, 0.2) is 0 Å². The largest absolute Gasteiger partial charge is 0.385 e. The first-order chi connectivity index (χ1) is 8.62. The van der Waals surface area contributed by atoms with Crippen LogP contribution in [-0.2, 0) is 4.74 Å². The topological polar surface area (TPSA) is 38.5 Å². The third-order valence-electron chi connectivity index (χ3n) is 4.97. The number of rotatable bonds is 8. The highest BCUT2D eigenvalue weighted by Gasteiger charge is 2.42. The summed E-state index contributed by atoms with van der Waals surface area (Å²) in [5.41, 5.74) is 6.84. The molecule has 0 bridgehead atoms. The fourth-order valence-electron chi connectivity index (χ4n) is 3.55. The second-order valence-corrected chi connectivity index (χ2v) is 5.79. The van der Waals surface area contributed by atoms with E-state index in [-0.39, 0.29) is 11.6 Å². The molecule has 18 heavy (non-hydrogen) atoms. The molecule has 108 valence electrons. The van der Waals surface area contributed by atoms with E-state index in [0.29, 0.717) is 5.92 Å². The molecule has 0 aromatic carbocycles. The van der Waals surface area contributed by atoms with Crippen molar-refractivity contribution in [3.8, 4) is 0 Å². The van der Waals surface area contributed by atoms with Gasteiger partial charge in [-0.25, -0.2) is 0 Å². The van der Waals surface area contributed by atoms with E-state index in [4.69, 9.17) is 10.5 Å². The monoisotopic (exact) mass is 256 g/mol. The van der Waals surface area contributed by atoms with Gasteiger partial charge in [0.05, 0.1) is 0 Å². The lowest BCUT2D eigenvalue weighted by Crippen LogP contribution is -2.61. The van der Waals surface area contributed by atoms with Crippen molar-refractivity contribution >= 4 is 0 Å². The van der Waals surface area contributed by atoms with E-state index in [1.807, 2.05) is 0 Å². The highest BCUT2D eigenvalue weighted by Crippen LogP contribution is 2.34. The molecule has 2 unspecified atom stereocenters. The van der Waals surface area contributed by atoms with E-state index >= 15 is 0 Å². The molecule has 2 N–H and O–H groups in total. The summed E-state index contributed by atoms with van der Waals surface area (Å²) in [5.74, 6) is 0.519. The zero-order valence-electron chi connectivity index (χ0n) is 12.7. The van der Waals surface area contributed by atoms with Gasteiger partial charge in [-0.3, -0.25) is 4.90 Å². The molecule has 1 rings (SSSR count). The lowest BCUT2D eigenvalue weighted by molar-refractivity contribution is 0.0494. The highest BCUT2D eigenvalue weighted by atomic mass is 16.5. The Morgan fingerprint density at radius 2 is 1.78 bits per heavy atom. The maximum atomic E-state index is 6.64. The summed E-state index contributed by atoms with van der Waals surface area (Å²) in [6.07, 6.45) is 6.04. The number of nitrogens with zero attached hydrogens (tertiary/aromatic N) is 1. The molecule has 1 saturated heterocycles. The number of methoxy groups -OCH3 is 1. The summed E-state index contributed by atoms with van der Waals surface area (Å²) >= 11 is 0. The SMILES string of the molecule is CCC(CC)(C(N)C(C)CCOC)N1CCCC1. The molecule has 3 nitrogen and oxygen atoms in total. The number of hydrogen-bond donors (Lipinski definition) is 1. The molecule has 1 aliphatic rings. The second kappa shape index (κ2) is 7.46. The third-order valence-corrected chi connectivity index (χ3v) is 4.97. The van der Waals surface area contributed by atoms with Gasteiger partial charge in [-0.2, -0.15) is 0 Å². The summed E-state index contributed by atoms with van der Waals surface area (Å²) in [4.78, 5) is 2.65. The standard InChI is InChI=1S/C15H32N2O/c1-5-15(6-2,17-10-7-8-11-17)14(16)13(3)9-12-18-4/h13-14H,5-12,16H2,1-4H3. The Bertz CT molecular complexity index is 223. The third kappa shape index (κ3) is 3.25. The van der Waals surface area contributed by atoms with Gasteiger partial charge in [-0.05, 0) is 51.1 Å².